The number of nitrogens with one attached hydrogen (secondary N) is 1. The predicted molar refractivity (Wildman–Crippen MR) is 50.7 cm³/mol. The molecule has 2 rings (SSSR count). The zero-order valence-electron chi connectivity index (χ0n) is 8.08. The van der Waals surface area contributed by atoms with Gasteiger partial charge >= 0.3 is 0 Å². The van der Waals surface area contributed by atoms with Crippen LogP contribution in [0.25, 0.3) is 0 Å². The number of hydrogen-bond donors (Lipinski definition) is 2. The second-order valence-electron chi connectivity index (χ2n) is 4.02. The number of carbonyl (C=O) groups is 1. The number of allylic oxidation sites excluding steroid dienone is 2. The van der Waals surface area contributed by atoms with Gasteiger partial charge in [0, 0.05) is 37.8 Å². The molecule has 0 aromatic rings. The zero-order chi connectivity index (χ0) is 10.0. The first-order chi connectivity index (χ1) is 6.68. The largest absolute Gasteiger partial charge is 0.386 e. The lowest BCUT2D eigenvalue weighted by Crippen LogP contribution is -2.40. The fourth-order valence-corrected chi connectivity index (χ4v) is 1.75. The maximum atomic E-state index is 10.9. The SMILES string of the molecule is O=C1C=C(NCC2(O)CCOC2)CC1. The normalized spacial score (nSPS) is 32.1. The van der Waals surface area contributed by atoms with E-state index in [1.54, 1.807) is 6.08 Å². The summed E-state index contributed by atoms with van der Waals surface area (Å²) in [6.45, 7) is 1.49. The van der Waals surface area contributed by atoms with Crippen molar-refractivity contribution in [3.05, 3.63) is 11.8 Å². The van der Waals surface area contributed by atoms with Crippen molar-refractivity contribution in [2.45, 2.75) is 24.9 Å². The highest BCUT2D eigenvalue weighted by atomic mass is 16.5. The van der Waals surface area contributed by atoms with Crippen LogP contribution in [-0.2, 0) is 9.53 Å². The molecular formula is C10H15NO3. The number of carbonyl (C=O) groups excluding carboxylic acids is 1. The molecule has 1 aliphatic carbocycles. The van der Waals surface area contributed by atoms with Gasteiger partial charge in [-0.1, -0.05) is 0 Å². The smallest absolute Gasteiger partial charge is 0.157 e. The number of rotatable bonds is 3. The molecule has 0 spiro atoms. The molecule has 2 aliphatic rings. The number of hydrogen-bond acceptors (Lipinski definition) is 4. The highest BCUT2D eigenvalue weighted by Crippen LogP contribution is 2.19. The van der Waals surface area contributed by atoms with E-state index < -0.39 is 5.60 Å². The van der Waals surface area contributed by atoms with E-state index in [1.165, 1.54) is 0 Å². The highest BCUT2D eigenvalue weighted by molar-refractivity contribution is 5.92. The molecule has 1 aliphatic heterocycles. The Morgan fingerprint density at radius 1 is 1.57 bits per heavy atom. The van der Waals surface area contributed by atoms with Crippen LogP contribution in [-0.4, -0.2) is 36.2 Å². The van der Waals surface area contributed by atoms with Crippen LogP contribution in [0.5, 0.6) is 0 Å². The van der Waals surface area contributed by atoms with Gasteiger partial charge in [0.1, 0.15) is 5.60 Å². The van der Waals surface area contributed by atoms with Crippen molar-refractivity contribution in [3.8, 4) is 0 Å². The second kappa shape index (κ2) is 3.71. The van der Waals surface area contributed by atoms with Gasteiger partial charge in [0.25, 0.3) is 0 Å². The molecule has 0 radical (unpaired) electrons. The van der Waals surface area contributed by atoms with E-state index in [-0.39, 0.29) is 5.78 Å². The van der Waals surface area contributed by atoms with Crippen molar-refractivity contribution in [2.75, 3.05) is 19.8 Å². The van der Waals surface area contributed by atoms with E-state index in [0.717, 1.165) is 12.1 Å². The topological polar surface area (TPSA) is 58.6 Å². The van der Waals surface area contributed by atoms with Crippen molar-refractivity contribution >= 4 is 5.78 Å². The van der Waals surface area contributed by atoms with Crippen molar-refractivity contribution in [3.63, 3.8) is 0 Å². The number of aliphatic hydroxyl groups is 1. The van der Waals surface area contributed by atoms with Gasteiger partial charge in [-0.2, -0.15) is 0 Å². The molecule has 1 atom stereocenters. The summed E-state index contributed by atoms with van der Waals surface area (Å²) in [6, 6.07) is 0. The fraction of sp³-hybridized carbons (Fsp3) is 0.700. The van der Waals surface area contributed by atoms with Crippen LogP contribution in [0.1, 0.15) is 19.3 Å². The molecule has 4 nitrogen and oxygen atoms in total. The maximum Gasteiger partial charge on any atom is 0.157 e. The van der Waals surface area contributed by atoms with Gasteiger partial charge in [-0.05, 0) is 6.42 Å². The minimum atomic E-state index is -0.744. The molecule has 1 fully saturated rings. The van der Waals surface area contributed by atoms with E-state index in [4.69, 9.17) is 4.74 Å². The molecular weight excluding hydrogens is 182 g/mol. The van der Waals surface area contributed by atoms with Gasteiger partial charge in [0.2, 0.25) is 0 Å². The minimum Gasteiger partial charge on any atom is -0.386 e. The lowest BCUT2D eigenvalue weighted by atomic mass is 10.0. The zero-order valence-corrected chi connectivity index (χ0v) is 8.08. The maximum absolute atomic E-state index is 10.9. The molecule has 4 heteroatoms. The van der Waals surface area contributed by atoms with Crippen LogP contribution in [0.4, 0.5) is 0 Å². The van der Waals surface area contributed by atoms with Gasteiger partial charge in [-0.15, -0.1) is 0 Å². The van der Waals surface area contributed by atoms with Crippen LogP contribution in [0.15, 0.2) is 11.8 Å². The van der Waals surface area contributed by atoms with Gasteiger partial charge < -0.3 is 15.2 Å². The first-order valence-electron chi connectivity index (χ1n) is 4.95. The van der Waals surface area contributed by atoms with Crippen molar-refractivity contribution in [1.29, 1.82) is 0 Å². The van der Waals surface area contributed by atoms with E-state index in [2.05, 4.69) is 5.32 Å². The van der Waals surface area contributed by atoms with Crippen molar-refractivity contribution in [1.82, 2.24) is 5.32 Å². The van der Waals surface area contributed by atoms with E-state index in [9.17, 15) is 9.90 Å². The van der Waals surface area contributed by atoms with Gasteiger partial charge in [-0.25, -0.2) is 0 Å². The summed E-state index contributed by atoms with van der Waals surface area (Å²) in [5.41, 5.74) is 0.197. The lowest BCUT2D eigenvalue weighted by molar-refractivity contribution is -0.114. The average molecular weight is 197 g/mol. The molecule has 0 bridgehead atoms. The molecule has 2 N–H and O–H groups in total. The molecule has 14 heavy (non-hydrogen) atoms. The summed E-state index contributed by atoms with van der Waals surface area (Å²) < 4.78 is 5.12. The third-order valence-corrected chi connectivity index (χ3v) is 2.70. The van der Waals surface area contributed by atoms with Crippen molar-refractivity contribution in [2.24, 2.45) is 0 Å². The van der Waals surface area contributed by atoms with Gasteiger partial charge in [-0.3, -0.25) is 4.79 Å². The second-order valence-corrected chi connectivity index (χ2v) is 4.02. The standard InChI is InChI=1S/C10H15NO3/c12-9-2-1-8(5-9)11-6-10(13)3-4-14-7-10/h5,11,13H,1-4,6-7H2. The summed E-state index contributed by atoms with van der Waals surface area (Å²) in [6.07, 6.45) is 3.66. The highest BCUT2D eigenvalue weighted by Gasteiger charge is 2.32. The lowest BCUT2D eigenvalue weighted by Gasteiger charge is -2.21. The fourth-order valence-electron chi connectivity index (χ4n) is 1.75. The third kappa shape index (κ3) is 2.13. The summed E-state index contributed by atoms with van der Waals surface area (Å²) in [5, 5.41) is 13.0. The predicted octanol–water partition coefficient (Wildman–Crippen LogP) is -0.0258. The molecule has 0 aromatic carbocycles. The van der Waals surface area contributed by atoms with E-state index in [1.807, 2.05) is 0 Å². The molecule has 0 saturated carbocycles. The first kappa shape index (κ1) is 9.68. The van der Waals surface area contributed by atoms with Crippen LogP contribution < -0.4 is 5.32 Å². The van der Waals surface area contributed by atoms with E-state index >= 15 is 0 Å². The molecule has 0 aromatic heterocycles. The summed E-state index contributed by atoms with van der Waals surface area (Å²) in [5.74, 6) is 0.169. The Morgan fingerprint density at radius 3 is 3.00 bits per heavy atom. The molecule has 1 unspecified atom stereocenters. The Hall–Kier alpha value is -0.870. The Balaban J connectivity index is 1.82. The molecule has 78 valence electrons. The Morgan fingerprint density at radius 2 is 2.43 bits per heavy atom. The third-order valence-electron chi connectivity index (χ3n) is 2.70. The average Bonchev–Trinajstić information content (AvgIpc) is 2.73. The van der Waals surface area contributed by atoms with Crippen LogP contribution in [0, 0.1) is 0 Å². The summed E-state index contributed by atoms with van der Waals surface area (Å²) >= 11 is 0. The van der Waals surface area contributed by atoms with Crippen molar-refractivity contribution < 1.29 is 14.6 Å². The number of ketones is 1. The van der Waals surface area contributed by atoms with E-state index in [0.29, 0.717) is 32.6 Å². The Kier molecular flexibility index (Phi) is 2.56. The minimum absolute atomic E-state index is 0.169. The summed E-state index contributed by atoms with van der Waals surface area (Å²) in [7, 11) is 0. The van der Waals surface area contributed by atoms with Crippen LogP contribution in [0.3, 0.4) is 0 Å². The molecule has 1 saturated heterocycles. The monoisotopic (exact) mass is 197 g/mol. The molecule has 0 amide bonds. The Labute approximate surface area is 82.9 Å². The first-order valence-corrected chi connectivity index (χ1v) is 4.95. The summed E-state index contributed by atoms with van der Waals surface area (Å²) in [4.78, 5) is 10.9. The number of ether oxygens (including phenoxy) is 1. The van der Waals surface area contributed by atoms with Gasteiger partial charge in [0.15, 0.2) is 5.78 Å². The quantitative estimate of drug-likeness (QED) is 0.667. The molecule has 1 heterocycles. The van der Waals surface area contributed by atoms with Crippen LogP contribution in [0.2, 0.25) is 0 Å². The van der Waals surface area contributed by atoms with Gasteiger partial charge in [0.05, 0.1) is 6.61 Å². The Bertz CT molecular complexity index is 267. The van der Waals surface area contributed by atoms with Crippen LogP contribution >= 0.6 is 0 Å².